The molecule has 0 spiro atoms. The summed E-state index contributed by atoms with van der Waals surface area (Å²) >= 11 is 0. The maximum Gasteiger partial charge on any atom is 0.251 e. The Balaban J connectivity index is 1.97. The largest absolute Gasteiger partial charge is 0.497 e. The highest BCUT2D eigenvalue weighted by atomic mass is 16.5. The maximum absolute atomic E-state index is 11.9. The van der Waals surface area contributed by atoms with Crippen molar-refractivity contribution in [3.8, 4) is 5.75 Å². The summed E-state index contributed by atoms with van der Waals surface area (Å²) in [5.41, 5.74) is 2.25. The Labute approximate surface area is 111 Å². The fraction of sp³-hybridized carbons (Fsp3) is 0.214. The Morgan fingerprint density at radius 3 is 2.63 bits per heavy atom. The minimum absolute atomic E-state index is 0.140. The van der Waals surface area contributed by atoms with Crippen molar-refractivity contribution in [1.82, 2.24) is 15.3 Å². The van der Waals surface area contributed by atoms with Crippen molar-refractivity contribution in [1.29, 1.82) is 0 Å². The number of methoxy groups -OCH3 is 1. The lowest BCUT2D eigenvalue weighted by atomic mass is 10.2. The van der Waals surface area contributed by atoms with E-state index in [1.807, 2.05) is 13.0 Å². The summed E-state index contributed by atoms with van der Waals surface area (Å²) in [7, 11) is 1.59. The average Bonchev–Trinajstić information content (AvgIpc) is 2.45. The molecule has 0 saturated carbocycles. The molecular formula is C14H15N3O2. The number of aryl methyl sites for hydroxylation is 1. The molecule has 19 heavy (non-hydrogen) atoms. The van der Waals surface area contributed by atoms with Crippen LogP contribution < -0.4 is 10.1 Å². The minimum Gasteiger partial charge on any atom is -0.497 e. The summed E-state index contributed by atoms with van der Waals surface area (Å²) in [4.78, 5) is 20.0. The van der Waals surface area contributed by atoms with Gasteiger partial charge in [0, 0.05) is 11.3 Å². The molecule has 98 valence electrons. The number of ether oxygens (including phenoxy) is 1. The van der Waals surface area contributed by atoms with Crippen LogP contribution in [0.5, 0.6) is 5.75 Å². The molecule has 2 rings (SSSR count). The average molecular weight is 257 g/mol. The van der Waals surface area contributed by atoms with E-state index in [1.54, 1.807) is 31.4 Å². The smallest absolute Gasteiger partial charge is 0.251 e. The Morgan fingerprint density at radius 1 is 1.26 bits per heavy atom. The van der Waals surface area contributed by atoms with Crippen LogP contribution in [-0.2, 0) is 6.54 Å². The lowest BCUT2D eigenvalue weighted by molar-refractivity contribution is 0.0950. The molecule has 0 aliphatic carbocycles. The first kappa shape index (κ1) is 13.0. The van der Waals surface area contributed by atoms with Gasteiger partial charge in [-0.3, -0.25) is 4.79 Å². The van der Waals surface area contributed by atoms with Gasteiger partial charge in [0.1, 0.15) is 12.1 Å². The highest BCUT2D eigenvalue weighted by Gasteiger charge is 2.05. The highest BCUT2D eigenvalue weighted by Crippen LogP contribution is 2.11. The molecule has 5 heteroatoms. The number of amides is 1. The van der Waals surface area contributed by atoms with Gasteiger partial charge >= 0.3 is 0 Å². The normalized spacial score (nSPS) is 10.0. The van der Waals surface area contributed by atoms with Crippen molar-refractivity contribution in [3.63, 3.8) is 0 Å². The molecule has 0 atom stereocenters. The third-order valence-electron chi connectivity index (χ3n) is 2.64. The summed E-state index contributed by atoms with van der Waals surface area (Å²) in [6.07, 6.45) is 1.49. The van der Waals surface area contributed by atoms with Crippen LogP contribution in [0.15, 0.2) is 36.7 Å². The first-order valence-corrected chi connectivity index (χ1v) is 5.89. The summed E-state index contributed by atoms with van der Waals surface area (Å²) in [5.74, 6) is 0.585. The second-order valence-corrected chi connectivity index (χ2v) is 4.06. The number of benzene rings is 1. The number of hydrogen-bond acceptors (Lipinski definition) is 4. The summed E-state index contributed by atoms with van der Waals surface area (Å²) in [5, 5.41) is 2.81. The molecule has 1 heterocycles. The molecule has 0 bridgehead atoms. The van der Waals surface area contributed by atoms with Crippen molar-refractivity contribution < 1.29 is 9.53 Å². The Hall–Kier alpha value is -2.43. The molecule has 0 aliphatic heterocycles. The van der Waals surface area contributed by atoms with Crippen molar-refractivity contribution in [2.75, 3.05) is 7.11 Å². The van der Waals surface area contributed by atoms with Crippen molar-refractivity contribution in [2.45, 2.75) is 13.5 Å². The van der Waals surface area contributed by atoms with E-state index in [1.165, 1.54) is 6.33 Å². The van der Waals surface area contributed by atoms with E-state index >= 15 is 0 Å². The van der Waals surface area contributed by atoms with Gasteiger partial charge in [-0.2, -0.15) is 0 Å². The van der Waals surface area contributed by atoms with Crippen LogP contribution in [0.25, 0.3) is 0 Å². The minimum atomic E-state index is -0.140. The van der Waals surface area contributed by atoms with Gasteiger partial charge in [0.15, 0.2) is 0 Å². The van der Waals surface area contributed by atoms with E-state index in [0.717, 1.165) is 17.1 Å². The third-order valence-corrected chi connectivity index (χ3v) is 2.64. The van der Waals surface area contributed by atoms with Gasteiger partial charge in [0.25, 0.3) is 5.91 Å². The van der Waals surface area contributed by atoms with Gasteiger partial charge in [-0.05, 0) is 37.3 Å². The molecule has 0 radical (unpaired) electrons. The number of nitrogens with zero attached hydrogens (tertiary/aromatic N) is 2. The first-order chi connectivity index (χ1) is 9.19. The molecule has 0 aliphatic rings. The quantitative estimate of drug-likeness (QED) is 0.905. The highest BCUT2D eigenvalue weighted by molar-refractivity contribution is 5.94. The lowest BCUT2D eigenvalue weighted by Crippen LogP contribution is -2.23. The zero-order chi connectivity index (χ0) is 13.7. The Morgan fingerprint density at radius 2 is 2.00 bits per heavy atom. The van der Waals surface area contributed by atoms with E-state index in [4.69, 9.17) is 4.74 Å². The molecule has 1 N–H and O–H groups in total. The third kappa shape index (κ3) is 3.51. The Kier molecular flexibility index (Phi) is 4.07. The topological polar surface area (TPSA) is 64.1 Å². The molecule has 2 aromatic rings. The first-order valence-electron chi connectivity index (χ1n) is 5.89. The van der Waals surface area contributed by atoms with E-state index in [-0.39, 0.29) is 5.91 Å². The number of carbonyl (C=O) groups is 1. The van der Waals surface area contributed by atoms with E-state index in [9.17, 15) is 4.79 Å². The lowest BCUT2D eigenvalue weighted by Gasteiger charge is -2.06. The maximum atomic E-state index is 11.9. The molecule has 0 fully saturated rings. The second kappa shape index (κ2) is 5.95. The van der Waals surface area contributed by atoms with Crippen LogP contribution in [0.1, 0.15) is 21.7 Å². The standard InChI is InChI=1S/C14H15N3O2/c1-10-7-12(17-9-16-10)8-15-14(18)11-3-5-13(19-2)6-4-11/h3-7,9H,8H2,1-2H3,(H,15,18). The fourth-order valence-corrected chi connectivity index (χ4v) is 1.62. The van der Waals surface area contributed by atoms with Gasteiger partial charge in [0.05, 0.1) is 19.3 Å². The van der Waals surface area contributed by atoms with Gasteiger partial charge in [-0.1, -0.05) is 0 Å². The number of hydrogen-bond donors (Lipinski definition) is 1. The molecule has 0 saturated heterocycles. The van der Waals surface area contributed by atoms with Gasteiger partial charge in [-0.15, -0.1) is 0 Å². The molecule has 1 amide bonds. The van der Waals surface area contributed by atoms with Crippen LogP contribution in [-0.4, -0.2) is 23.0 Å². The van der Waals surface area contributed by atoms with Gasteiger partial charge in [0.2, 0.25) is 0 Å². The zero-order valence-corrected chi connectivity index (χ0v) is 10.9. The number of nitrogens with one attached hydrogen (secondary N) is 1. The van der Waals surface area contributed by atoms with Crippen LogP contribution >= 0.6 is 0 Å². The second-order valence-electron chi connectivity index (χ2n) is 4.06. The number of aromatic nitrogens is 2. The van der Waals surface area contributed by atoms with Crippen LogP contribution in [0.3, 0.4) is 0 Å². The fourth-order valence-electron chi connectivity index (χ4n) is 1.62. The van der Waals surface area contributed by atoms with E-state index < -0.39 is 0 Å². The van der Waals surface area contributed by atoms with Crippen LogP contribution in [0.2, 0.25) is 0 Å². The molecule has 1 aromatic heterocycles. The number of rotatable bonds is 4. The van der Waals surface area contributed by atoms with Crippen LogP contribution in [0.4, 0.5) is 0 Å². The summed E-state index contributed by atoms with van der Waals surface area (Å²) < 4.78 is 5.04. The van der Waals surface area contributed by atoms with E-state index in [0.29, 0.717) is 12.1 Å². The number of carbonyl (C=O) groups excluding carboxylic acids is 1. The molecule has 5 nitrogen and oxygen atoms in total. The monoisotopic (exact) mass is 257 g/mol. The molecule has 0 unspecified atom stereocenters. The SMILES string of the molecule is COc1ccc(C(=O)NCc2cc(C)ncn2)cc1. The zero-order valence-electron chi connectivity index (χ0n) is 10.9. The summed E-state index contributed by atoms with van der Waals surface area (Å²) in [6.45, 7) is 2.27. The Bertz CT molecular complexity index is 567. The molecular weight excluding hydrogens is 242 g/mol. The van der Waals surface area contributed by atoms with Gasteiger partial charge in [-0.25, -0.2) is 9.97 Å². The predicted molar refractivity (Wildman–Crippen MR) is 70.9 cm³/mol. The van der Waals surface area contributed by atoms with Gasteiger partial charge < -0.3 is 10.1 Å². The van der Waals surface area contributed by atoms with Crippen LogP contribution in [0, 0.1) is 6.92 Å². The summed E-state index contributed by atoms with van der Waals surface area (Å²) in [6, 6.07) is 8.79. The predicted octanol–water partition coefficient (Wildman–Crippen LogP) is 1.72. The van der Waals surface area contributed by atoms with E-state index in [2.05, 4.69) is 15.3 Å². The molecule has 1 aromatic carbocycles. The van der Waals surface area contributed by atoms with Crippen molar-refractivity contribution in [3.05, 3.63) is 53.6 Å². The van der Waals surface area contributed by atoms with Crippen molar-refractivity contribution in [2.24, 2.45) is 0 Å². The van der Waals surface area contributed by atoms with Crippen molar-refractivity contribution >= 4 is 5.91 Å².